The van der Waals surface area contributed by atoms with Gasteiger partial charge in [0.15, 0.2) is 0 Å². The van der Waals surface area contributed by atoms with E-state index in [1.807, 2.05) is 38.1 Å². The topological polar surface area (TPSA) is 32.9 Å². The molecule has 16 heavy (non-hydrogen) atoms. The van der Waals surface area contributed by atoms with Gasteiger partial charge in [-0.25, -0.2) is 0 Å². The van der Waals surface area contributed by atoms with E-state index in [1.54, 1.807) is 12.3 Å². The highest BCUT2D eigenvalue weighted by molar-refractivity contribution is 6.33. The van der Waals surface area contributed by atoms with E-state index in [0.717, 1.165) is 11.1 Å². The van der Waals surface area contributed by atoms with Crippen LogP contribution in [0.1, 0.15) is 13.8 Å². The van der Waals surface area contributed by atoms with Crippen molar-refractivity contribution in [1.82, 2.24) is 4.98 Å². The zero-order valence-corrected chi connectivity index (χ0v) is 10.1. The molecular formula is C13H14ClNO. The first-order chi connectivity index (χ1) is 7.77. The Kier molecular flexibility index (Phi) is 4.80. The molecule has 1 N–H and O–H groups in total. The van der Waals surface area contributed by atoms with Crippen LogP contribution in [-0.4, -0.2) is 4.98 Å². The lowest BCUT2D eigenvalue weighted by atomic mass is 10.1. The molecule has 84 valence electrons. The normalized spacial score (nSPS) is 9.19. The van der Waals surface area contributed by atoms with Gasteiger partial charge >= 0.3 is 0 Å². The maximum atomic E-state index is 10.8. The van der Waals surface area contributed by atoms with E-state index in [0.29, 0.717) is 5.02 Å². The summed E-state index contributed by atoms with van der Waals surface area (Å²) in [6.45, 7) is 4.00. The van der Waals surface area contributed by atoms with Gasteiger partial charge < -0.3 is 4.98 Å². The van der Waals surface area contributed by atoms with Crippen molar-refractivity contribution in [2.45, 2.75) is 13.8 Å². The van der Waals surface area contributed by atoms with E-state index in [-0.39, 0.29) is 5.56 Å². The Labute approximate surface area is 99.9 Å². The van der Waals surface area contributed by atoms with Crippen LogP contribution in [0.25, 0.3) is 11.1 Å². The van der Waals surface area contributed by atoms with Gasteiger partial charge in [-0.1, -0.05) is 43.6 Å². The summed E-state index contributed by atoms with van der Waals surface area (Å²) in [6, 6.07) is 10.8. The molecular weight excluding hydrogens is 222 g/mol. The standard InChI is InChI=1S/C11H8ClNO.C2H6/c12-10-4-2-1-3-9(10)8-5-6-11(14)13-7-8;1-2/h1-7H,(H,13,14);1-2H3. The van der Waals surface area contributed by atoms with Gasteiger partial charge in [0.25, 0.3) is 0 Å². The van der Waals surface area contributed by atoms with E-state index >= 15 is 0 Å². The molecule has 2 aromatic rings. The number of halogens is 1. The monoisotopic (exact) mass is 235 g/mol. The lowest BCUT2D eigenvalue weighted by molar-refractivity contribution is 1.24. The third-order valence-electron chi connectivity index (χ3n) is 1.97. The maximum absolute atomic E-state index is 10.8. The average molecular weight is 236 g/mol. The summed E-state index contributed by atoms with van der Waals surface area (Å²) in [4.78, 5) is 13.5. The van der Waals surface area contributed by atoms with E-state index in [2.05, 4.69) is 4.98 Å². The second-order valence-electron chi connectivity index (χ2n) is 2.92. The molecule has 0 amide bonds. The van der Waals surface area contributed by atoms with Gasteiger partial charge in [0, 0.05) is 22.8 Å². The molecule has 0 radical (unpaired) electrons. The summed E-state index contributed by atoms with van der Waals surface area (Å²) in [5, 5.41) is 0.680. The van der Waals surface area contributed by atoms with Crippen LogP contribution in [0.2, 0.25) is 5.02 Å². The lowest BCUT2D eigenvalue weighted by Gasteiger charge is -2.02. The van der Waals surface area contributed by atoms with E-state index in [4.69, 9.17) is 11.6 Å². The minimum absolute atomic E-state index is 0.110. The highest BCUT2D eigenvalue weighted by Gasteiger charge is 2.01. The molecule has 2 rings (SSSR count). The summed E-state index contributed by atoms with van der Waals surface area (Å²) < 4.78 is 0. The number of hydrogen-bond donors (Lipinski definition) is 1. The van der Waals surface area contributed by atoms with E-state index < -0.39 is 0 Å². The molecule has 0 saturated heterocycles. The zero-order valence-electron chi connectivity index (χ0n) is 9.33. The van der Waals surface area contributed by atoms with Crippen molar-refractivity contribution in [2.75, 3.05) is 0 Å². The maximum Gasteiger partial charge on any atom is 0.247 e. The third kappa shape index (κ3) is 2.97. The Balaban J connectivity index is 0.000000606. The largest absolute Gasteiger partial charge is 0.328 e. The fourth-order valence-corrected chi connectivity index (χ4v) is 1.52. The van der Waals surface area contributed by atoms with Gasteiger partial charge in [0.1, 0.15) is 0 Å². The molecule has 0 spiro atoms. The Morgan fingerprint density at radius 1 is 1.06 bits per heavy atom. The zero-order chi connectivity index (χ0) is 12.0. The van der Waals surface area contributed by atoms with Gasteiger partial charge in [-0.2, -0.15) is 0 Å². The SMILES string of the molecule is CC.O=c1ccc(-c2ccccc2Cl)c[nH]1. The fraction of sp³-hybridized carbons (Fsp3) is 0.154. The minimum atomic E-state index is -0.110. The van der Waals surface area contributed by atoms with Gasteiger partial charge in [0.2, 0.25) is 5.56 Å². The molecule has 0 aliphatic carbocycles. The first-order valence-electron chi connectivity index (χ1n) is 5.21. The van der Waals surface area contributed by atoms with Crippen LogP contribution >= 0.6 is 11.6 Å². The molecule has 0 saturated carbocycles. The molecule has 0 unspecified atom stereocenters. The van der Waals surface area contributed by atoms with Crippen LogP contribution in [0, 0.1) is 0 Å². The molecule has 0 bridgehead atoms. The quantitative estimate of drug-likeness (QED) is 0.803. The summed E-state index contributed by atoms with van der Waals surface area (Å²) in [5.41, 5.74) is 1.72. The van der Waals surface area contributed by atoms with Gasteiger partial charge in [-0.05, 0) is 17.7 Å². The molecule has 1 heterocycles. The van der Waals surface area contributed by atoms with Crippen molar-refractivity contribution in [3.8, 4) is 11.1 Å². The number of rotatable bonds is 1. The summed E-state index contributed by atoms with van der Waals surface area (Å²) in [5.74, 6) is 0. The highest BCUT2D eigenvalue weighted by Crippen LogP contribution is 2.25. The first-order valence-corrected chi connectivity index (χ1v) is 5.59. The van der Waals surface area contributed by atoms with Crippen molar-refractivity contribution < 1.29 is 0 Å². The van der Waals surface area contributed by atoms with Crippen LogP contribution in [0.4, 0.5) is 0 Å². The Hall–Kier alpha value is -1.54. The molecule has 2 nitrogen and oxygen atoms in total. The Bertz CT molecular complexity index is 485. The number of pyridine rings is 1. The van der Waals surface area contributed by atoms with Crippen LogP contribution in [-0.2, 0) is 0 Å². The molecule has 3 heteroatoms. The molecule has 0 fully saturated rings. The van der Waals surface area contributed by atoms with Crippen molar-refractivity contribution in [2.24, 2.45) is 0 Å². The van der Waals surface area contributed by atoms with Crippen molar-refractivity contribution in [1.29, 1.82) is 0 Å². The number of nitrogens with one attached hydrogen (secondary N) is 1. The predicted molar refractivity (Wildman–Crippen MR) is 68.9 cm³/mol. The molecule has 0 aliphatic heterocycles. The number of benzene rings is 1. The van der Waals surface area contributed by atoms with Crippen molar-refractivity contribution >= 4 is 11.6 Å². The van der Waals surface area contributed by atoms with Crippen molar-refractivity contribution in [3.05, 3.63) is 58.0 Å². The van der Waals surface area contributed by atoms with Crippen LogP contribution < -0.4 is 5.56 Å². The number of hydrogen-bond acceptors (Lipinski definition) is 1. The fourth-order valence-electron chi connectivity index (χ4n) is 1.27. The second kappa shape index (κ2) is 6.13. The predicted octanol–water partition coefficient (Wildman–Crippen LogP) is 3.72. The van der Waals surface area contributed by atoms with Gasteiger partial charge in [0.05, 0.1) is 0 Å². The third-order valence-corrected chi connectivity index (χ3v) is 2.30. The summed E-state index contributed by atoms with van der Waals surface area (Å²) in [6.07, 6.45) is 1.66. The number of aromatic amines is 1. The van der Waals surface area contributed by atoms with E-state index in [1.165, 1.54) is 6.07 Å². The summed E-state index contributed by atoms with van der Waals surface area (Å²) in [7, 11) is 0. The Morgan fingerprint density at radius 3 is 2.31 bits per heavy atom. The van der Waals surface area contributed by atoms with Crippen LogP contribution in [0.3, 0.4) is 0 Å². The lowest BCUT2D eigenvalue weighted by Crippen LogP contribution is -2.01. The highest BCUT2D eigenvalue weighted by atomic mass is 35.5. The second-order valence-corrected chi connectivity index (χ2v) is 3.33. The van der Waals surface area contributed by atoms with Crippen LogP contribution in [0.5, 0.6) is 0 Å². The smallest absolute Gasteiger partial charge is 0.247 e. The Morgan fingerprint density at radius 2 is 1.75 bits per heavy atom. The molecule has 0 atom stereocenters. The molecule has 1 aromatic carbocycles. The van der Waals surface area contributed by atoms with E-state index in [9.17, 15) is 4.79 Å². The van der Waals surface area contributed by atoms with Crippen LogP contribution in [0.15, 0.2) is 47.4 Å². The number of aromatic nitrogens is 1. The molecule has 0 aliphatic rings. The number of H-pyrrole nitrogens is 1. The molecule has 1 aromatic heterocycles. The van der Waals surface area contributed by atoms with Gasteiger partial charge in [-0.3, -0.25) is 4.79 Å². The van der Waals surface area contributed by atoms with Crippen molar-refractivity contribution in [3.63, 3.8) is 0 Å². The summed E-state index contributed by atoms with van der Waals surface area (Å²) >= 11 is 6.01. The average Bonchev–Trinajstić information content (AvgIpc) is 2.34. The van der Waals surface area contributed by atoms with Gasteiger partial charge in [-0.15, -0.1) is 0 Å². The first kappa shape index (κ1) is 12.5. The minimum Gasteiger partial charge on any atom is -0.328 e.